The van der Waals surface area contributed by atoms with E-state index in [1.807, 2.05) is 12.1 Å². The Hall–Kier alpha value is -1.15. The van der Waals surface area contributed by atoms with Gasteiger partial charge in [0.05, 0.1) is 0 Å². The third-order valence-electron chi connectivity index (χ3n) is 3.05. The van der Waals surface area contributed by atoms with Gasteiger partial charge in [0.15, 0.2) is 0 Å². The van der Waals surface area contributed by atoms with E-state index in [-0.39, 0.29) is 0 Å². The van der Waals surface area contributed by atoms with E-state index < -0.39 is 0 Å². The van der Waals surface area contributed by atoms with Gasteiger partial charge in [0.25, 0.3) is 0 Å². The van der Waals surface area contributed by atoms with Gasteiger partial charge in [-0.1, -0.05) is 30.2 Å². The van der Waals surface area contributed by atoms with Crippen molar-refractivity contribution in [3.05, 3.63) is 34.9 Å². The van der Waals surface area contributed by atoms with Crippen molar-refractivity contribution in [2.24, 2.45) is 0 Å². The fraction of sp³-hybridized carbons (Fsp3) is 0.462. The second kappa shape index (κ2) is 4.58. The third kappa shape index (κ3) is 2.26. The maximum Gasteiger partial charge on any atom is 0.150 e. The van der Waals surface area contributed by atoms with Crippen LogP contribution in [0.25, 0.3) is 0 Å². The second-order valence-electron chi connectivity index (χ2n) is 4.25. The molecule has 0 aromatic heterocycles. The van der Waals surface area contributed by atoms with Gasteiger partial charge in [-0.3, -0.25) is 4.79 Å². The van der Waals surface area contributed by atoms with E-state index >= 15 is 0 Å². The van der Waals surface area contributed by atoms with E-state index in [1.165, 1.54) is 24.0 Å². The standard InChI is InChI=1S/C13H17NO/c1-10-5-6-11(9-15)12(8-10)13-4-2-3-7-14-13/h5-6,8-9,13-14H,2-4,7H2,1H3. The van der Waals surface area contributed by atoms with Crippen molar-refractivity contribution in [3.8, 4) is 0 Å². The number of hydrogen-bond donors (Lipinski definition) is 1. The highest BCUT2D eigenvalue weighted by Gasteiger charge is 2.17. The molecule has 1 aromatic rings. The van der Waals surface area contributed by atoms with Crippen LogP contribution >= 0.6 is 0 Å². The minimum absolute atomic E-state index is 0.374. The largest absolute Gasteiger partial charge is 0.310 e. The molecule has 1 N–H and O–H groups in total. The SMILES string of the molecule is Cc1ccc(C=O)c(C2CCCCN2)c1. The molecule has 0 aliphatic carbocycles. The number of carbonyl (C=O) groups is 1. The van der Waals surface area contributed by atoms with Gasteiger partial charge in [0, 0.05) is 11.6 Å². The lowest BCUT2D eigenvalue weighted by molar-refractivity contribution is 0.112. The molecule has 1 heterocycles. The van der Waals surface area contributed by atoms with Gasteiger partial charge in [-0.25, -0.2) is 0 Å². The van der Waals surface area contributed by atoms with Gasteiger partial charge in [-0.05, 0) is 31.9 Å². The summed E-state index contributed by atoms with van der Waals surface area (Å²) in [5.74, 6) is 0. The Balaban J connectivity index is 2.31. The van der Waals surface area contributed by atoms with Crippen LogP contribution in [0, 0.1) is 6.92 Å². The first-order valence-electron chi connectivity index (χ1n) is 5.60. The molecule has 80 valence electrons. The van der Waals surface area contributed by atoms with Crippen molar-refractivity contribution < 1.29 is 4.79 Å². The van der Waals surface area contributed by atoms with Crippen LogP contribution in [0.1, 0.15) is 46.8 Å². The molecule has 1 aliphatic rings. The summed E-state index contributed by atoms with van der Waals surface area (Å²) >= 11 is 0. The van der Waals surface area contributed by atoms with Crippen LogP contribution < -0.4 is 5.32 Å². The van der Waals surface area contributed by atoms with Gasteiger partial charge in [-0.15, -0.1) is 0 Å². The highest BCUT2D eigenvalue weighted by molar-refractivity contribution is 5.77. The average Bonchev–Trinajstić information content (AvgIpc) is 2.30. The Morgan fingerprint density at radius 1 is 1.40 bits per heavy atom. The lowest BCUT2D eigenvalue weighted by Gasteiger charge is -2.25. The molecule has 1 saturated heterocycles. The molecule has 2 rings (SSSR count). The van der Waals surface area contributed by atoms with E-state index in [1.54, 1.807) is 0 Å². The first kappa shape index (κ1) is 10.4. The number of nitrogens with one attached hydrogen (secondary N) is 1. The molecule has 0 saturated carbocycles. The maximum absolute atomic E-state index is 11.0. The Bertz CT molecular complexity index is 354. The van der Waals surface area contributed by atoms with E-state index in [4.69, 9.17) is 0 Å². The van der Waals surface area contributed by atoms with Crippen molar-refractivity contribution in [1.29, 1.82) is 0 Å². The smallest absolute Gasteiger partial charge is 0.150 e. The quantitative estimate of drug-likeness (QED) is 0.749. The minimum Gasteiger partial charge on any atom is -0.310 e. The predicted octanol–water partition coefficient (Wildman–Crippen LogP) is 2.62. The third-order valence-corrected chi connectivity index (χ3v) is 3.05. The van der Waals surface area contributed by atoms with Crippen LogP contribution in [0.3, 0.4) is 0 Å². The monoisotopic (exact) mass is 203 g/mol. The summed E-state index contributed by atoms with van der Waals surface area (Å²) in [5.41, 5.74) is 3.23. The van der Waals surface area contributed by atoms with Crippen LogP contribution in [0.4, 0.5) is 0 Å². The van der Waals surface area contributed by atoms with Crippen molar-refractivity contribution >= 4 is 6.29 Å². The molecule has 15 heavy (non-hydrogen) atoms. The number of hydrogen-bond acceptors (Lipinski definition) is 2. The zero-order valence-electron chi connectivity index (χ0n) is 9.12. The Morgan fingerprint density at radius 3 is 2.93 bits per heavy atom. The first-order valence-corrected chi connectivity index (χ1v) is 5.60. The topological polar surface area (TPSA) is 29.1 Å². The molecule has 1 unspecified atom stereocenters. The summed E-state index contributed by atoms with van der Waals surface area (Å²) in [6.45, 7) is 3.14. The molecular formula is C13H17NO. The highest BCUT2D eigenvalue weighted by Crippen LogP contribution is 2.25. The lowest BCUT2D eigenvalue weighted by atomic mass is 9.93. The van der Waals surface area contributed by atoms with Gasteiger partial charge in [0.2, 0.25) is 0 Å². The number of aryl methyl sites for hydroxylation is 1. The molecule has 2 heteroatoms. The van der Waals surface area contributed by atoms with Gasteiger partial charge in [0.1, 0.15) is 6.29 Å². The molecule has 1 aliphatic heterocycles. The molecule has 0 bridgehead atoms. The summed E-state index contributed by atoms with van der Waals surface area (Å²) in [4.78, 5) is 11.0. The summed E-state index contributed by atoms with van der Waals surface area (Å²) in [6.07, 6.45) is 4.61. The van der Waals surface area contributed by atoms with E-state index in [0.717, 1.165) is 24.8 Å². The van der Waals surface area contributed by atoms with Crippen molar-refractivity contribution in [2.75, 3.05) is 6.54 Å². The van der Waals surface area contributed by atoms with Crippen molar-refractivity contribution in [1.82, 2.24) is 5.32 Å². The first-order chi connectivity index (χ1) is 7.31. The zero-order chi connectivity index (χ0) is 10.7. The molecule has 1 fully saturated rings. The number of rotatable bonds is 2. The van der Waals surface area contributed by atoms with E-state index in [0.29, 0.717) is 6.04 Å². The fourth-order valence-corrected chi connectivity index (χ4v) is 2.22. The molecule has 0 radical (unpaired) electrons. The van der Waals surface area contributed by atoms with Crippen molar-refractivity contribution in [3.63, 3.8) is 0 Å². The maximum atomic E-state index is 11.0. The van der Waals surface area contributed by atoms with Gasteiger partial charge >= 0.3 is 0 Å². The summed E-state index contributed by atoms with van der Waals surface area (Å²) in [5, 5.41) is 3.48. The molecule has 0 amide bonds. The van der Waals surface area contributed by atoms with Crippen LogP contribution in [0.5, 0.6) is 0 Å². The summed E-state index contributed by atoms with van der Waals surface area (Å²) in [7, 11) is 0. The number of carbonyl (C=O) groups excluding carboxylic acids is 1. The Labute approximate surface area is 90.7 Å². The molecule has 0 spiro atoms. The number of piperidine rings is 1. The van der Waals surface area contributed by atoms with Crippen LogP contribution in [-0.2, 0) is 0 Å². The van der Waals surface area contributed by atoms with Gasteiger partial charge < -0.3 is 5.32 Å². The lowest BCUT2D eigenvalue weighted by Crippen LogP contribution is -2.27. The number of benzene rings is 1. The van der Waals surface area contributed by atoms with Crippen molar-refractivity contribution in [2.45, 2.75) is 32.2 Å². The van der Waals surface area contributed by atoms with E-state index in [9.17, 15) is 4.79 Å². The second-order valence-corrected chi connectivity index (χ2v) is 4.25. The average molecular weight is 203 g/mol. The van der Waals surface area contributed by atoms with E-state index in [2.05, 4.69) is 18.3 Å². The van der Waals surface area contributed by atoms with Crippen LogP contribution in [0.15, 0.2) is 18.2 Å². The normalized spacial score (nSPS) is 21.3. The fourth-order valence-electron chi connectivity index (χ4n) is 2.22. The summed E-state index contributed by atoms with van der Waals surface area (Å²) in [6, 6.07) is 6.43. The minimum atomic E-state index is 0.374. The number of aldehydes is 1. The molecular weight excluding hydrogens is 186 g/mol. The zero-order valence-corrected chi connectivity index (χ0v) is 9.12. The predicted molar refractivity (Wildman–Crippen MR) is 61.2 cm³/mol. The van der Waals surface area contributed by atoms with Crippen LogP contribution in [-0.4, -0.2) is 12.8 Å². The van der Waals surface area contributed by atoms with Crippen LogP contribution in [0.2, 0.25) is 0 Å². The van der Waals surface area contributed by atoms with Gasteiger partial charge in [-0.2, -0.15) is 0 Å². The molecule has 2 nitrogen and oxygen atoms in total. The highest BCUT2D eigenvalue weighted by atomic mass is 16.1. The molecule has 1 aromatic carbocycles. The summed E-state index contributed by atoms with van der Waals surface area (Å²) < 4.78 is 0. The Morgan fingerprint density at radius 2 is 2.27 bits per heavy atom. The molecule has 1 atom stereocenters. The Kier molecular flexibility index (Phi) is 3.17.